The van der Waals surface area contributed by atoms with Gasteiger partial charge in [-0.3, -0.25) is 4.79 Å². The molecule has 4 aromatic rings. The van der Waals surface area contributed by atoms with Gasteiger partial charge in [0.05, 0.1) is 5.51 Å². The number of thiazole rings is 1. The van der Waals surface area contributed by atoms with Crippen LogP contribution in [0.15, 0.2) is 48.0 Å². The molecule has 0 aliphatic rings. The lowest BCUT2D eigenvalue weighted by Crippen LogP contribution is -2.14. The van der Waals surface area contributed by atoms with Crippen LogP contribution in [0.1, 0.15) is 27.4 Å². The van der Waals surface area contributed by atoms with Gasteiger partial charge in [-0.15, -0.1) is 11.3 Å². The van der Waals surface area contributed by atoms with Gasteiger partial charge in [-0.2, -0.15) is 0 Å². The first-order valence-corrected chi connectivity index (χ1v) is 8.99. The van der Waals surface area contributed by atoms with E-state index in [9.17, 15) is 13.6 Å². The second-order valence-corrected chi connectivity index (χ2v) is 6.98. The van der Waals surface area contributed by atoms with Gasteiger partial charge in [-0.25, -0.2) is 18.7 Å². The smallest absolute Gasteiger partial charge is 0.276 e. The second kappa shape index (κ2) is 6.88. The molecule has 1 aromatic carbocycles. The van der Waals surface area contributed by atoms with Crippen LogP contribution in [0.25, 0.3) is 22.3 Å². The van der Waals surface area contributed by atoms with Crippen LogP contribution in [0.3, 0.4) is 0 Å². The number of hydrogen-bond donors (Lipinski definition) is 2. The number of carbonyl (C=O) groups is 1. The summed E-state index contributed by atoms with van der Waals surface area (Å²) < 4.78 is 26.5. The van der Waals surface area contributed by atoms with Crippen molar-refractivity contribution in [3.05, 3.63) is 64.1 Å². The van der Waals surface area contributed by atoms with E-state index in [0.717, 1.165) is 10.3 Å². The van der Waals surface area contributed by atoms with Crippen LogP contribution in [0.5, 0.6) is 0 Å². The topological polar surface area (TPSA) is 70.7 Å². The van der Waals surface area contributed by atoms with Crippen molar-refractivity contribution in [3.8, 4) is 11.3 Å². The number of halogens is 2. The Morgan fingerprint density at radius 3 is 2.78 bits per heavy atom. The molecule has 4 rings (SSSR count). The lowest BCUT2D eigenvalue weighted by atomic mass is 10.1. The van der Waals surface area contributed by atoms with Crippen LogP contribution < -0.4 is 5.32 Å². The third-order valence-electron chi connectivity index (χ3n) is 4.17. The molecule has 0 saturated carbocycles. The predicted molar refractivity (Wildman–Crippen MR) is 101 cm³/mol. The molecule has 5 nitrogen and oxygen atoms in total. The van der Waals surface area contributed by atoms with Crippen molar-refractivity contribution < 1.29 is 13.6 Å². The van der Waals surface area contributed by atoms with Gasteiger partial charge in [-0.1, -0.05) is 24.3 Å². The summed E-state index contributed by atoms with van der Waals surface area (Å²) in [7, 11) is 0. The summed E-state index contributed by atoms with van der Waals surface area (Å²) in [5.41, 5.74) is 3.40. The van der Waals surface area contributed by atoms with Crippen LogP contribution in [0, 0.1) is 6.92 Å². The van der Waals surface area contributed by atoms with E-state index in [0.29, 0.717) is 28.4 Å². The average Bonchev–Trinajstić information content (AvgIpc) is 3.27. The molecule has 1 amide bonds. The molecule has 3 heterocycles. The SMILES string of the molecule is Cc1scnc1C(=O)Nc1ccc2cc(-c3ccccc3C(F)F)[nH]c2n1. The number of alkyl halides is 2. The monoisotopic (exact) mass is 384 g/mol. The molecule has 0 unspecified atom stereocenters. The number of amides is 1. The standard InChI is InChI=1S/C19H14F2N4OS/c1-10-16(22-9-27-10)19(26)25-15-7-6-11-8-14(23-18(11)24-15)12-4-2-3-5-13(12)17(20)21/h2-9,17H,1H3,(H2,23,24,25,26). The Morgan fingerprint density at radius 1 is 1.22 bits per heavy atom. The third kappa shape index (κ3) is 3.31. The van der Waals surface area contributed by atoms with E-state index in [1.807, 2.05) is 6.92 Å². The highest BCUT2D eigenvalue weighted by Gasteiger charge is 2.16. The highest BCUT2D eigenvalue weighted by molar-refractivity contribution is 7.09. The van der Waals surface area contributed by atoms with E-state index in [-0.39, 0.29) is 11.5 Å². The van der Waals surface area contributed by atoms with Crippen molar-refractivity contribution >= 4 is 34.1 Å². The number of aryl methyl sites for hydroxylation is 1. The number of aromatic nitrogens is 3. The first-order chi connectivity index (χ1) is 13.0. The number of nitrogens with one attached hydrogen (secondary N) is 2. The van der Waals surface area contributed by atoms with Crippen LogP contribution in [-0.4, -0.2) is 20.9 Å². The van der Waals surface area contributed by atoms with Crippen LogP contribution in [0.2, 0.25) is 0 Å². The zero-order chi connectivity index (χ0) is 19.0. The lowest BCUT2D eigenvalue weighted by molar-refractivity contribution is 0.102. The van der Waals surface area contributed by atoms with Crippen molar-refractivity contribution in [2.45, 2.75) is 13.3 Å². The molecular formula is C19H14F2N4OS. The molecule has 3 aromatic heterocycles. The van der Waals surface area contributed by atoms with E-state index in [4.69, 9.17) is 0 Å². The third-order valence-corrected chi connectivity index (χ3v) is 4.92. The minimum atomic E-state index is -2.57. The van der Waals surface area contributed by atoms with Gasteiger partial charge >= 0.3 is 0 Å². The maximum Gasteiger partial charge on any atom is 0.276 e. The van der Waals surface area contributed by atoms with Gasteiger partial charge in [0, 0.05) is 27.1 Å². The van der Waals surface area contributed by atoms with Crippen molar-refractivity contribution in [1.82, 2.24) is 15.0 Å². The summed E-state index contributed by atoms with van der Waals surface area (Å²) >= 11 is 1.39. The number of aromatic amines is 1. The fraction of sp³-hybridized carbons (Fsp3) is 0.105. The summed E-state index contributed by atoms with van der Waals surface area (Å²) in [4.78, 5) is 24.6. The Hall–Kier alpha value is -3.13. The van der Waals surface area contributed by atoms with Gasteiger partial charge < -0.3 is 10.3 Å². The highest BCUT2D eigenvalue weighted by Crippen LogP contribution is 2.32. The van der Waals surface area contributed by atoms with Crippen molar-refractivity contribution in [1.29, 1.82) is 0 Å². The van der Waals surface area contributed by atoms with Crippen LogP contribution in [0.4, 0.5) is 14.6 Å². The number of hydrogen-bond acceptors (Lipinski definition) is 4. The van der Waals surface area contributed by atoms with E-state index < -0.39 is 6.43 Å². The number of rotatable bonds is 4. The van der Waals surface area contributed by atoms with Crippen LogP contribution in [-0.2, 0) is 0 Å². The molecule has 0 fully saturated rings. The summed E-state index contributed by atoms with van der Waals surface area (Å²) in [5, 5.41) is 3.47. The minimum absolute atomic E-state index is 0.0448. The minimum Gasteiger partial charge on any atom is -0.339 e. The molecular weight excluding hydrogens is 370 g/mol. The van der Waals surface area contributed by atoms with Gasteiger partial charge in [0.25, 0.3) is 12.3 Å². The fourth-order valence-electron chi connectivity index (χ4n) is 2.85. The Balaban J connectivity index is 1.67. The number of pyridine rings is 1. The van der Waals surface area contributed by atoms with E-state index in [1.54, 1.807) is 41.9 Å². The molecule has 0 radical (unpaired) electrons. The molecule has 8 heteroatoms. The molecule has 27 heavy (non-hydrogen) atoms. The first-order valence-electron chi connectivity index (χ1n) is 8.11. The highest BCUT2D eigenvalue weighted by atomic mass is 32.1. The number of H-pyrrole nitrogens is 1. The Bertz CT molecular complexity index is 1140. The first kappa shape index (κ1) is 17.3. The van der Waals surface area contributed by atoms with Crippen molar-refractivity contribution in [3.63, 3.8) is 0 Å². The maximum absolute atomic E-state index is 13.3. The Morgan fingerprint density at radius 2 is 2.04 bits per heavy atom. The van der Waals surface area contributed by atoms with Gasteiger partial charge in [0.2, 0.25) is 0 Å². The van der Waals surface area contributed by atoms with Crippen LogP contribution >= 0.6 is 11.3 Å². The zero-order valence-electron chi connectivity index (χ0n) is 14.2. The number of anilines is 1. The van der Waals surface area contributed by atoms with Crippen molar-refractivity contribution in [2.24, 2.45) is 0 Å². The van der Waals surface area contributed by atoms with Gasteiger partial charge in [0.15, 0.2) is 0 Å². The van der Waals surface area contributed by atoms with Gasteiger partial charge in [0.1, 0.15) is 17.2 Å². The summed E-state index contributed by atoms with van der Waals surface area (Å²) in [6.07, 6.45) is -2.57. The molecule has 136 valence electrons. The number of carbonyl (C=O) groups excluding carboxylic acids is 1. The Kier molecular flexibility index (Phi) is 4.41. The second-order valence-electron chi connectivity index (χ2n) is 5.92. The molecule has 0 saturated heterocycles. The number of benzene rings is 1. The zero-order valence-corrected chi connectivity index (χ0v) is 15.0. The van der Waals surface area contributed by atoms with Crippen molar-refractivity contribution in [2.75, 3.05) is 5.32 Å². The van der Waals surface area contributed by atoms with E-state index in [2.05, 4.69) is 20.3 Å². The molecule has 0 atom stereocenters. The molecule has 0 bridgehead atoms. The predicted octanol–water partition coefficient (Wildman–Crippen LogP) is 5.18. The molecule has 2 N–H and O–H groups in total. The maximum atomic E-state index is 13.3. The molecule has 0 aliphatic heterocycles. The normalized spacial score (nSPS) is 11.3. The summed E-state index contributed by atoms with van der Waals surface area (Å²) in [6, 6.07) is 11.5. The number of fused-ring (bicyclic) bond motifs is 1. The molecule has 0 spiro atoms. The van der Waals surface area contributed by atoms with E-state index >= 15 is 0 Å². The number of nitrogens with zero attached hydrogens (tertiary/aromatic N) is 2. The molecule has 0 aliphatic carbocycles. The summed E-state index contributed by atoms with van der Waals surface area (Å²) in [6.45, 7) is 1.82. The lowest BCUT2D eigenvalue weighted by Gasteiger charge is -2.06. The Labute approximate surface area is 157 Å². The van der Waals surface area contributed by atoms with Gasteiger partial charge in [-0.05, 0) is 25.1 Å². The summed E-state index contributed by atoms with van der Waals surface area (Å²) in [5.74, 6) is 0.0193. The fourth-order valence-corrected chi connectivity index (χ4v) is 3.43. The quantitative estimate of drug-likeness (QED) is 0.509. The average molecular weight is 384 g/mol. The largest absolute Gasteiger partial charge is 0.339 e. The van der Waals surface area contributed by atoms with E-state index in [1.165, 1.54) is 17.4 Å².